The molecule has 1 unspecified atom stereocenters. The molecule has 21 heavy (non-hydrogen) atoms. The SMILES string of the molecule is CC(C)(C)OC(=O)c1ccc(N2CCCC2C(=O)O)cc1. The number of hydrogen-bond donors (Lipinski definition) is 1. The average molecular weight is 291 g/mol. The monoisotopic (exact) mass is 291 g/mol. The number of anilines is 1. The topological polar surface area (TPSA) is 66.8 Å². The predicted molar refractivity (Wildman–Crippen MR) is 79.6 cm³/mol. The van der Waals surface area contributed by atoms with E-state index in [1.54, 1.807) is 24.3 Å². The van der Waals surface area contributed by atoms with Crippen molar-refractivity contribution < 1.29 is 19.4 Å². The van der Waals surface area contributed by atoms with Gasteiger partial charge in [-0.25, -0.2) is 9.59 Å². The Labute approximate surface area is 124 Å². The second kappa shape index (κ2) is 5.76. The van der Waals surface area contributed by atoms with Crippen LogP contribution in [0.25, 0.3) is 0 Å². The molecular formula is C16H21NO4. The van der Waals surface area contributed by atoms with Crippen molar-refractivity contribution in [2.24, 2.45) is 0 Å². The summed E-state index contributed by atoms with van der Waals surface area (Å²) in [6.45, 7) is 6.19. The molecule has 0 radical (unpaired) electrons. The van der Waals surface area contributed by atoms with Crippen LogP contribution in [0.3, 0.4) is 0 Å². The average Bonchev–Trinajstić information content (AvgIpc) is 2.86. The Bertz CT molecular complexity index is 530. The predicted octanol–water partition coefficient (Wildman–Crippen LogP) is 2.70. The molecule has 114 valence electrons. The third-order valence-electron chi connectivity index (χ3n) is 3.37. The molecule has 1 heterocycles. The summed E-state index contributed by atoms with van der Waals surface area (Å²) >= 11 is 0. The zero-order chi connectivity index (χ0) is 15.6. The van der Waals surface area contributed by atoms with E-state index in [1.807, 2.05) is 25.7 Å². The zero-order valence-corrected chi connectivity index (χ0v) is 12.6. The second-order valence-corrected chi connectivity index (χ2v) is 6.24. The number of carboxylic acid groups (broad SMARTS) is 1. The van der Waals surface area contributed by atoms with Gasteiger partial charge in [-0.3, -0.25) is 0 Å². The fourth-order valence-electron chi connectivity index (χ4n) is 2.46. The summed E-state index contributed by atoms with van der Waals surface area (Å²) in [5.41, 5.74) is 0.769. The maximum absolute atomic E-state index is 11.9. The normalized spacial score (nSPS) is 18.6. The molecule has 0 aliphatic carbocycles. The summed E-state index contributed by atoms with van der Waals surface area (Å²) in [6.07, 6.45) is 1.52. The second-order valence-electron chi connectivity index (χ2n) is 6.24. The molecule has 1 aromatic carbocycles. The Morgan fingerprint density at radius 3 is 2.38 bits per heavy atom. The first-order valence-corrected chi connectivity index (χ1v) is 7.11. The molecule has 0 bridgehead atoms. The molecule has 2 rings (SSSR count). The fraction of sp³-hybridized carbons (Fsp3) is 0.500. The lowest BCUT2D eigenvalue weighted by atomic mass is 10.1. The number of carbonyl (C=O) groups excluding carboxylic acids is 1. The fourth-order valence-corrected chi connectivity index (χ4v) is 2.46. The minimum absolute atomic E-state index is 0.370. The van der Waals surface area contributed by atoms with Gasteiger partial charge in [-0.05, 0) is 57.9 Å². The lowest BCUT2D eigenvalue weighted by Gasteiger charge is -2.24. The van der Waals surface area contributed by atoms with E-state index >= 15 is 0 Å². The number of nitrogens with zero attached hydrogens (tertiary/aromatic N) is 1. The van der Waals surface area contributed by atoms with Crippen molar-refractivity contribution >= 4 is 17.6 Å². The van der Waals surface area contributed by atoms with Crippen LogP contribution in [0.4, 0.5) is 5.69 Å². The number of carbonyl (C=O) groups is 2. The largest absolute Gasteiger partial charge is 0.480 e. The molecule has 5 heteroatoms. The Morgan fingerprint density at radius 2 is 1.86 bits per heavy atom. The standard InChI is InChI=1S/C16H21NO4/c1-16(2,3)21-15(20)11-6-8-12(9-7-11)17-10-4-5-13(17)14(18)19/h6-9,13H,4-5,10H2,1-3H3,(H,18,19). The van der Waals surface area contributed by atoms with Gasteiger partial charge in [0.2, 0.25) is 0 Å². The molecule has 1 fully saturated rings. The van der Waals surface area contributed by atoms with Crippen molar-refractivity contribution in [3.8, 4) is 0 Å². The number of ether oxygens (including phenoxy) is 1. The van der Waals surface area contributed by atoms with Crippen molar-refractivity contribution in [2.45, 2.75) is 45.3 Å². The minimum atomic E-state index is -0.802. The van der Waals surface area contributed by atoms with Crippen LogP contribution in [0.15, 0.2) is 24.3 Å². The Kier molecular flexibility index (Phi) is 4.21. The molecule has 5 nitrogen and oxygen atoms in total. The van der Waals surface area contributed by atoms with Crippen molar-refractivity contribution in [3.63, 3.8) is 0 Å². The van der Waals surface area contributed by atoms with E-state index in [2.05, 4.69) is 0 Å². The molecule has 0 saturated carbocycles. The lowest BCUT2D eigenvalue weighted by molar-refractivity contribution is -0.138. The van der Waals surface area contributed by atoms with Crippen LogP contribution in [-0.4, -0.2) is 35.2 Å². The third-order valence-corrected chi connectivity index (χ3v) is 3.37. The van der Waals surface area contributed by atoms with Gasteiger partial charge in [0.15, 0.2) is 0 Å². The van der Waals surface area contributed by atoms with Gasteiger partial charge in [-0.2, -0.15) is 0 Å². The lowest BCUT2D eigenvalue weighted by Crippen LogP contribution is -2.35. The Morgan fingerprint density at radius 1 is 1.24 bits per heavy atom. The van der Waals surface area contributed by atoms with Crippen LogP contribution < -0.4 is 4.90 Å². The summed E-state index contributed by atoms with van der Waals surface area (Å²) in [5, 5.41) is 9.20. The Balaban J connectivity index is 2.12. The van der Waals surface area contributed by atoms with Gasteiger partial charge < -0.3 is 14.7 Å². The van der Waals surface area contributed by atoms with Crippen molar-refractivity contribution in [3.05, 3.63) is 29.8 Å². The van der Waals surface area contributed by atoms with E-state index in [1.165, 1.54) is 0 Å². The molecule has 1 N–H and O–H groups in total. The first kappa shape index (κ1) is 15.4. The highest BCUT2D eigenvalue weighted by Crippen LogP contribution is 2.26. The van der Waals surface area contributed by atoms with Gasteiger partial charge in [0, 0.05) is 12.2 Å². The van der Waals surface area contributed by atoms with E-state index in [0.717, 1.165) is 18.7 Å². The Hall–Kier alpha value is -2.04. The molecule has 0 spiro atoms. The van der Waals surface area contributed by atoms with Crippen molar-refractivity contribution in [2.75, 3.05) is 11.4 Å². The molecule has 0 amide bonds. The van der Waals surface area contributed by atoms with Gasteiger partial charge in [0.1, 0.15) is 11.6 Å². The number of esters is 1. The van der Waals surface area contributed by atoms with Crippen LogP contribution in [0.1, 0.15) is 44.0 Å². The molecule has 1 aromatic rings. The van der Waals surface area contributed by atoms with Gasteiger partial charge in [-0.1, -0.05) is 0 Å². The van der Waals surface area contributed by atoms with Crippen molar-refractivity contribution in [1.29, 1.82) is 0 Å². The van der Waals surface area contributed by atoms with Crippen LogP contribution in [0.5, 0.6) is 0 Å². The summed E-state index contributed by atoms with van der Waals surface area (Å²) in [7, 11) is 0. The van der Waals surface area contributed by atoms with E-state index in [0.29, 0.717) is 12.0 Å². The molecule has 1 saturated heterocycles. The number of benzene rings is 1. The van der Waals surface area contributed by atoms with Gasteiger partial charge in [-0.15, -0.1) is 0 Å². The van der Waals surface area contributed by atoms with E-state index in [4.69, 9.17) is 4.74 Å². The van der Waals surface area contributed by atoms with Gasteiger partial charge >= 0.3 is 11.9 Å². The smallest absolute Gasteiger partial charge is 0.338 e. The van der Waals surface area contributed by atoms with E-state index in [-0.39, 0.29) is 5.97 Å². The number of carboxylic acids is 1. The van der Waals surface area contributed by atoms with Crippen LogP contribution >= 0.6 is 0 Å². The summed E-state index contributed by atoms with van der Waals surface area (Å²) in [5.74, 6) is -1.17. The van der Waals surface area contributed by atoms with Gasteiger partial charge in [0.05, 0.1) is 5.56 Å². The number of hydrogen-bond acceptors (Lipinski definition) is 4. The maximum Gasteiger partial charge on any atom is 0.338 e. The molecule has 1 aliphatic rings. The first-order valence-electron chi connectivity index (χ1n) is 7.11. The highest BCUT2D eigenvalue weighted by Gasteiger charge is 2.30. The third kappa shape index (κ3) is 3.74. The molecule has 0 aromatic heterocycles. The summed E-state index contributed by atoms with van der Waals surface area (Å²) < 4.78 is 5.30. The molecular weight excluding hydrogens is 270 g/mol. The van der Waals surface area contributed by atoms with Crippen LogP contribution in [0.2, 0.25) is 0 Å². The summed E-state index contributed by atoms with van der Waals surface area (Å²) in [6, 6.07) is 6.44. The van der Waals surface area contributed by atoms with Gasteiger partial charge in [0.25, 0.3) is 0 Å². The minimum Gasteiger partial charge on any atom is -0.480 e. The first-order chi connectivity index (χ1) is 9.78. The van der Waals surface area contributed by atoms with Crippen LogP contribution in [-0.2, 0) is 9.53 Å². The summed E-state index contributed by atoms with van der Waals surface area (Å²) in [4.78, 5) is 25.0. The number of rotatable bonds is 3. The van der Waals surface area contributed by atoms with Crippen LogP contribution in [0, 0.1) is 0 Å². The molecule has 1 aliphatic heterocycles. The highest BCUT2D eigenvalue weighted by atomic mass is 16.6. The highest BCUT2D eigenvalue weighted by molar-refractivity contribution is 5.90. The van der Waals surface area contributed by atoms with Crippen molar-refractivity contribution in [1.82, 2.24) is 0 Å². The number of aliphatic carboxylic acids is 1. The molecule has 1 atom stereocenters. The van der Waals surface area contributed by atoms with E-state index in [9.17, 15) is 14.7 Å². The quantitative estimate of drug-likeness (QED) is 0.867. The zero-order valence-electron chi connectivity index (χ0n) is 12.6. The van der Waals surface area contributed by atoms with E-state index < -0.39 is 17.6 Å². The maximum atomic E-state index is 11.9.